The number of benzene rings is 1. The second-order valence-electron chi connectivity index (χ2n) is 4.42. The normalized spacial score (nSPS) is 12.2. The zero-order valence-corrected chi connectivity index (χ0v) is 10.9. The average Bonchev–Trinajstić information content (AvgIpc) is 2.92. The van der Waals surface area contributed by atoms with Crippen LogP contribution in [-0.4, -0.2) is 25.8 Å². The molecule has 0 aliphatic heterocycles. The van der Waals surface area contributed by atoms with Crippen LogP contribution in [0.25, 0.3) is 11.0 Å². The van der Waals surface area contributed by atoms with Gasteiger partial charge in [-0.2, -0.15) is 0 Å². The molecule has 2 N–H and O–H groups in total. The van der Waals surface area contributed by atoms with Gasteiger partial charge in [0, 0.05) is 12.4 Å². The summed E-state index contributed by atoms with van der Waals surface area (Å²) < 4.78 is 0. The highest BCUT2D eigenvalue weighted by Crippen LogP contribution is 2.15. The van der Waals surface area contributed by atoms with Gasteiger partial charge in [-0.15, -0.1) is 0 Å². The number of fused-ring (bicyclic) bond motifs is 1. The first-order valence-electron chi connectivity index (χ1n) is 6.25. The average molecular weight is 267 g/mol. The van der Waals surface area contributed by atoms with Crippen molar-refractivity contribution >= 4 is 16.9 Å². The highest BCUT2D eigenvalue weighted by molar-refractivity contribution is 5.92. The highest BCUT2D eigenvalue weighted by atomic mass is 16.1. The molecule has 0 saturated carbocycles. The highest BCUT2D eigenvalue weighted by Gasteiger charge is 2.15. The van der Waals surface area contributed by atoms with Crippen molar-refractivity contribution in [1.29, 1.82) is 0 Å². The maximum Gasteiger partial charge on any atom is 0.272 e. The lowest BCUT2D eigenvalue weighted by Gasteiger charge is -2.10. The first-order valence-corrected chi connectivity index (χ1v) is 6.25. The van der Waals surface area contributed by atoms with E-state index in [0.29, 0.717) is 5.82 Å². The Morgan fingerprint density at radius 2 is 2.15 bits per heavy atom. The molecule has 0 unspecified atom stereocenters. The third kappa shape index (κ3) is 2.35. The van der Waals surface area contributed by atoms with E-state index in [0.717, 1.165) is 11.0 Å². The van der Waals surface area contributed by atoms with Crippen molar-refractivity contribution in [1.82, 2.24) is 25.3 Å². The maximum atomic E-state index is 12.0. The number of aromatic amines is 1. The summed E-state index contributed by atoms with van der Waals surface area (Å²) in [5, 5.41) is 2.84. The van der Waals surface area contributed by atoms with Crippen molar-refractivity contribution in [3.63, 3.8) is 0 Å². The van der Waals surface area contributed by atoms with Crippen LogP contribution in [0.4, 0.5) is 0 Å². The fraction of sp³-hybridized carbons (Fsp3) is 0.143. The molecule has 1 amide bonds. The van der Waals surface area contributed by atoms with Crippen molar-refractivity contribution in [3.8, 4) is 0 Å². The lowest BCUT2D eigenvalue weighted by atomic mass is 10.3. The number of amides is 1. The second kappa shape index (κ2) is 5.08. The van der Waals surface area contributed by atoms with Gasteiger partial charge in [0.05, 0.1) is 23.3 Å². The van der Waals surface area contributed by atoms with Gasteiger partial charge < -0.3 is 10.3 Å². The van der Waals surface area contributed by atoms with E-state index in [1.165, 1.54) is 18.6 Å². The van der Waals surface area contributed by atoms with Crippen LogP contribution in [-0.2, 0) is 0 Å². The van der Waals surface area contributed by atoms with Gasteiger partial charge in [0.15, 0.2) is 0 Å². The van der Waals surface area contributed by atoms with E-state index < -0.39 is 0 Å². The number of aromatic nitrogens is 4. The third-order valence-corrected chi connectivity index (χ3v) is 2.96. The van der Waals surface area contributed by atoms with Crippen LogP contribution in [0.2, 0.25) is 0 Å². The van der Waals surface area contributed by atoms with Crippen LogP contribution in [0.15, 0.2) is 42.9 Å². The molecule has 1 atom stereocenters. The molecule has 20 heavy (non-hydrogen) atoms. The van der Waals surface area contributed by atoms with E-state index in [9.17, 15) is 4.79 Å². The van der Waals surface area contributed by atoms with Crippen molar-refractivity contribution < 1.29 is 4.79 Å². The van der Waals surface area contributed by atoms with E-state index >= 15 is 0 Å². The largest absolute Gasteiger partial charge is 0.341 e. The Balaban J connectivity index is 1.79. The Morgan fingerprint density at radius 3 is 2.90 bits per heavy atom. The van der Waals surface area contributed by atoms with E-state index in [1.54, 1.807) is 0 Å². The number of rotatable bonds is 3. The van der Waals surface area contributed by atoms with Crippen molar-refractivity contribution in [2.45, 2.75) is 13.0 Å². The number of imidazole rings is 1. The number of carbonyl (C=O) groups excluding carboxylic acids is 1. The Hall–Kier alpha value is -2.76. The Bertz CT molecular complexity index is 704. The fourth-order valence-corrected chi connectivity index (χ4v) is 1.93. The number of nitrogens with zero attached hydrogens (tertiary/aromatic N) is 3. The van der Waals surface area contributed by atoms with Gasteiger partial charge in [-0.25, -0.2) is 9.97 Å². The summed E-state index contributed by atoms with van der Waals surface area (Å²) in [7, 11) is 0. The number of para-hydroxylation sites is 2. The summed E-state index contributed by atoms with van der Waals surface area (Å²) >= 11 is 0. The molecule has 2 aromatic heterocycles. The monoisotopic (exact) mass is 267 g/mol. The summed E-state index contributed by atoms with van der Waals surface area (Å²) in [6.07, 6.45) is 4.45. The Kier molecular flexibility index (Phi) is 3.12. The molecule has 0 saturated heterocycles. The van der Waals surface area contributed by atoms with Crippen LogP contribution >= 0.6 is 0 Å². The molecule has 3 rings (SSSR count). The smallest absolute Gasteiger partial charge is 0.272 e. The molecule has 0 aliphatic carbocycles. The maximum absolute atomic E-state index is 12.0. The van der Waals surface area contributed by atoms with E-state index in [1.807, 2.05) is 31.2 Å². The van der Waals surface area contributed by atoms with E-state index in [-0.39, 0.29) is 17.6 Å². The van der Waals surface area contributed by atoms with Crippen molar-refractivity contribution in [2.24, 2.45) is 0 Å². The van der Waals surface area contributed by atoms with Gasteiger partial charge in [-0.05, 0) is 19.1 Å². The number of carbonyl (C=O) groups is 1. The molecule has 0 bridgehead atoms. The first kappa shape index (κ1) is 12.3. The zero-order valence-electron chi connectivity index (χ0n) is 10.9. The number of H-pyrrole nitrogens is 1. The molecule has 0 spiro atoms. The molecular weight excluding hydrogens is 254 g/mol. The lowest BCUT2D eigenvalue weighted by molar-refractivity contribution is 0.0933. The van der Waals surface area contributed by atoms with Crippen molar-refractivity contribution in [2.75, 3.05) is 0 Å². The molecule has 0 radical (unpaired) electrons. The van der Waals surface area contributed by atoms with Gasteiger partial charge in [0.1, 0.15) is 11.5 Å². The Labute approximate surface area is 115 Å². The standard InChI is InChI=1S/C14H13N5O/c1-9(17-14(20)12-8-15-6-7-16-12)13-18-10-4-2-3-5-11(10)19-13/h2-9H,1H3,(H,17,20)(H,18,19)/t9-/m0/s1. The molecule has 0 fully saturated rings. The molecule has 6 heteroatoms. The molecular formula is C14H13N5O. The Morgan fingerprint density at radius 1 is 1.30 bits per heavy atom. The topological polar surface area (TPSA) is 83.6 Å². The minimum absolute atomic E-state index is 0.239. The number of nitrogens with one attached hydrogen (secondary N) is 2. The predicted octanol–water partition coefficient (Wildman–Crippen LogP) is 1.84. The molecule has 3 aromatic rings. The third-order valence-electron chi connectivity index (χ3n) is 2.96. The van der Waals surface area contributed by atoms with Gasteiger partial charge in [0.25, 0.3) is 5.91 Å². The minimum atomic E-state index is -0.272. The molecule has 100 valence electrons. The van der Waals surface area contributed by atoms with Crippen LogP contribution in [0, 0.1) is 0 Å². The summed E-state index contributed by atoms with van der Waals surface area (Å²) in [4.78, 5) is 27.5. The van der Waals surface area contributed by atoms with Crippen LogP contribution in [0.5, 0.6) is 0 Å². The lowest BCUT2D eigenvalue weighted by Crippen LogP contribution is -2.28. The molecule has 2 heterocycles. The molecule has 0 aliphatic rings. The van der Waals surface area contributed by atoms with Gasteiger partial charge in [0.2, 0.25) is 0 Å². The predicted molar refractivity (Wildman–Crippen MR) is 74.0 cm³/mol. The zero-order chi connectivity index (χ0) is 13.9. The number of hydrogen-bond donors (Lipinski definition) is 2. The quantitative estimate of drug-likeness (QED) is 0.758. The summed E-state index contributed by atoms with van der Waals surface area (Å²) in [6, 6.07) is 7.50. The molecule has 1 aromatic carbocycles. The van der Waals surface area contributed by atoms with Crippen LogP contribution < -0.4 is 5.32 Å². The van der Waals surface area contributed by atoms with Gasteiger partial charge >= 0.3 is 0 Å². The van der Waals surface area contributed by atoms with Crippen LogP contribution in [0.1, 0.15) is 29.3 Å². The van der Waals surface area contributed by atoms with Gasteiger partial charge in [-0.3, -0.25) is 9.78 Å². The second-order valence-corrected chi connectivity index (χ2v) is 4.42. The fourth-order valence-electron chi connectivity index (χ4n) is 1.93. The summed E-state index contributed by atoms with van der Waals surface area (Å²) in [5.41, 5.74) is 2.11. The summed E-state index contributed by atoms with van der Waals surface area (Å²) in [6.45, 7) is 1.87. The van der Waals surface area contributed by atoms with E-state index in [2.05, 4.69) is 25.3 Å². The van der Waals surface area contributed by atoms with Crippen LogP contribution in [0.3, 0.4) is 0 Å². The SMILES string of the molecule is C[C@H](NC(=O)c1cnccn1)c1nc2ccccc2[nH]1. The summed E-state index contributed by atoms with van der Waals surface area (Å²) in [5.74, 6) is 0.439. The van der Waals surface area contributed by atoms with Crippen molar-refractivity contribution in [3.05, 3.63) is 54.4 Å². The van der Waals surface area contributed by atoms with Gasteiger partial charge in [-0.1, -0.05) is 12.1 Å². The minimum Gasteiger partial charge on any atom is -0.341 e. The molecule has 6 nitrogen and oxygen atoms in total. The number of hydrogen-bond acceptors (Lipinski definition) is 4. The van der Waals surface area contributed by atoms with E-state index in [4.69, 9.17) is 0 Å². The first-order chi connectivity index (χ1) is 9.74.